The van der Waals surface area contributed by atoms with Gasteiger partial charge in [-0.1, -0.05) is 11.8 Å². The molecule has 182 valence electrons. The Hall–Kier alpha value is -2.79. The molecule has 0 bridgehead atoms. The third-order valence-corrected chi connectivity index (χ3v) is 6.66. The lowest BCUT2D eigenvalue weighted by atomic mass is 9.80. The lowest BCUT2D eigenvalue weighted by Crippen LogP contribution is -2.49. The van der Waals surface area contributed by atoms with Gasteiger partial charge in [0.05, 0.1) is 18.7 Å². The SMILES string of the molecule is CC(C)(C)OC(=O)NC1=N[C@@]2(C3CC(NC(=O)c4ccc(F)cn4)=CC=C3F)OCC[C@H]2CS1. The van der Waals surface area contributed by atoms with Gasteiger partial charge >= 0.3 is 6.09 Å². The van der Waals surface area contributed by atoms with Crippen molar-refractivity contribution in [1.29, 1.82) is 0 Å². The monoisotopic (exact) mass is 492 g/mol. The van der Waals surface area contributed by atoms with Crippen LogP contribution in [0.4, 0.5) is 13.6 Å². The van der Waals surface area contributed by atoms with E-state index in [2.05, 4.69) is 20.6 Å². The second kappa shape index (κ2) is 9.46. The molecule has 0 spiro atoms. The van der Waals surface area contributed by atoms with Gasteiger partial charge in [-0.05, 0) is 51.5 Å². The van der Waals surface area contributed by atoms with Gasteiger partial charge in [-0.25, -0.2) is 23.6 Å². The van der Waals surface area contributed by atoms with Crippen LogP contribution in [0, 0.1) is 17.7 Å². The molecule has 34 heavy (non-hydrogen) atoms. The molecule has 1 aromatic heterocycles. The molecule has 2 amide bonds. The first-order valence-electron chi connectivity index (χ1n) is 10.9. The number of carbonyl (C=O) groups is 2. The second-order valence-electron chi connectivity index (χ2n) is 9.26. The number of alkyl carbamates (subject to hydrolysis) is 1. The number of hydrogen-bond donors (Lipinski definition) is 2. The molecule has 1 saturated heterocycles. The molecule has 0 aromatic carbocycles. The predicted octanol–water partition coefficient (Wildman–Crippen LogP) is 4.07. The summed E-state index contributed by atoms with van der Waals surface area (Å²) in [6, 6.07) is 2.41. The number of amides is 2. The smallest absolute Gasteiger partial charge is 0.413 e. The van der Waals surface area contributed by atoms with Crippen molar-refractivity contribution in [2.45, 2.75) is 44.9 Å². The molecule has 0 saturated carbocycles. The van der Waals surface area contributed by atoms with Gasteiger partial charge in [-0.15, -0.1) is 0 Å². The van der Waals surface area contributed by atoms with Gasteiger partial charge in [0.25, 0.3) is 5.91 Å². The van der Waals surface area contributed by atoms with E-state index in [4.69, 9.17) is 9.47 Å². The Morgan fingerprint density at radius 2 is 2.03 bits per heavy atom. The number of ether oxygens (including phenoxy) is 2. The minimum absolute atomic E-state index is 0.0398. The zero-order chi connectivity index (χ0) is 24.5. The molecular weight excluding hydrogens is 466 g/mol. The number of fused-ring (bicyclic) bond motifs is 1. The predicted molar refractivity (Wildman–Crippen MR) is 123 cm³/mol. The maximum Gasteiger partial charge on any atom is 0.413 e. The zero-order valence-corrected chi connectivity index (χ0v) is 19.9. The minimum Gasteiger partial charge on any atom is -0.444 e. The Morgan fingerprint density at radius 1 is 1.24 bits per heavy atom. The number of allylic oxidation sites excluding steroid dienone is 3. The zero-order valence-electron chi connectivity index (χ0n) is 19.1. The van der Waals surface area contributed by atoms with Gasteiger partial charge in [0.15, 0.2) is 10.9 Å². The first kappa shape index (κ1) is 24.3. The van der Waals surface area contributed by atoms with Gasteiger partial charge in [0.2, 0.25) is 0 Å². The quantitative estimate of drug-likeness (QED) is 0.660. The number of carbonyl (C=O) groups excluding carboxylic acids is 2. The van der Waals surface area contributed by atoms with Crippen molar-refractivity contribution in [1.82, 2.24) is 15.6 Å². The number of halogens is 2. The molecule has 3 heterocycles. The van der Waals surface area contributed by atoms with Crippen LogP contribution in [0.1, 0.15) is 44.1 Å². The summed E-state index contributed by atoms with van der Waals surface area (Å²) in [5.74, 6) is -1.78. The molecule has 1 unspecified atom stereocenters. The van der Waals surface area contributed by atoms with Crippen molar-refractivity contribution in [3.8, 4) is 0 Å². The van der Waals surface area contributed by atoms with E-state index in [1.807, 2.05) is 0 Å². The Kier molecular flexibility index (Phi) is 6.77. The van der Waals surface area contributed by atoms with Crippen molar-refractivity contribution >= 4 is 28.9 Å². The summed E-state index contributed by atoms with van der Waals surface area (Å²) < 4.78 is 39.6. The highest BCUT2D eigenvalue weighted by atomic mass is 32.2. The van der Waals surface area contributed by atoms with Crippen molar-refractivity contribution in [3.63, 3.8) is 0 Å². The van der Waals surface area contributed by atoms with E-state index in [-0.39, 0.29) is 18.0 Å². The standard InChI is InChI=1S/C23H26F2N4O4S/c1-22(2,3)33-21(31)28-20-29-23(13(12-34-20)8-9-32-23)16-10-15(5-6-17(16)25)27-19(30)18-7-4-14(24)11-26-18/h4-7,11,13,16H,8-10,12H2,1-3H3,(H,27,30)(H,28,29,31)/t13-,16?,23+/m0/s1. The molecule has 3 aliphatic rings. The number of nitrogens with one attached hydrogen (secondary N) is 2. The molecule has 11 heteroatoms. The normalized spacial score (nSPS) is 26.6. The van der Waals surface area contributed by atoms with Crippen LogP contribution >= 0.6 is 11.8 Å². The molecule has 2 aliphatic heterocycles. The average Bonchev–Trinajstić information content (AvgIpc) is 3.18. The van der Waals surface area contributed by atoms with Crippen molar-refractivity contribution in [2.75, 3.05) is 12.4 Å². The van der Waals surface area contributed by atoms with Crippen LogP contribution in [-0.4, -0.2) is 45.8 Å². The lowest BCUT2D eigenvalue weighted by Gasteiger charge is -2.41. The van der Waals surface area contributed by atoms with Crippen LogP contribution < -0.4 is 10.6 Å². The molecule has 4 rings (SSSR count). The van der Waals surface area contributed by atoms with Crippen LogP contribution in [0.5, 0.6) is 0 Å². The van der Waals surface area contributed by atoms with Gasteiger partial charge in [-0.2, -0.15) is 0 Å². The van der Waals surface area contributed by atoms with Gasteiger partial charge in [0.1, 0.15) is 22.9 Å². The van der Waals surface area contributed by atoms with E-state index in [1.165, 1.54) is 30.0 Å². The highest BCUT2D eigenvalue weighted by Gasteiger charge is 2.54. The molecule has 3 atom stereocenters. The van der Waals surface area contributed by atoms with E-state index in [0.29, 0.717) is 29.6 Å². The van der Waals surface area contributed by atoms with E-state index in [9.17, 15) is 14.0 Å². The fraction of sp³-hybridized carbons (Fsp3) is 0.478. The molecule has 2 N–H and O–H groups in total. The summed E-state index contributed by atoms with van der Waals surface area (Å²) in [4.78, 5) is 33.2. The van der Waals surface area contributed by atoms with Crippen molar-refractivity contribution in [3.05, 3.63) is 53.5 Å². The topological polar surface area (TPSA) is 102 Å². The summed E-state index contributed by atoms with van der Waals surface area (Å²) in [5, 5.41) is 5.66. The van der Waals surface area contributed by atoms with Crippen LogP contribution in [0.3, 0.4) is 0 Å². The summed E-state index contributed by atoms with van der Waals surface area (Å²) in [6.07, 6.45) is 3.90. The Labute approximate surface area is 200 Å². The number of nitrogens with zero attached hydrogens (tertiary/aromatic N) is 2. The highest BCUT2D eigenvalue weighted by molar-refractivity contribution is 8.13. The number of aromatic nitrogens is 1. The number of amidine groups is 1. The first-order chi connectivity index (χ1) is 16.1. The first-order valence-corrected chi connectivity index (χ1v) is 11.9. The number of hydrogen-bond acceptors (Lipinski definition) is 7. The molecule has 0 radical (unpaired) electrons. The Balaban J connectivity index is 1.53. The largest absolute Gasteiger partial charge is 0.444 e. The van der Waals surface area contributed by atoms with E-state index in [0.717, 1.165) is 12.3 Å². The molecule has 1 aliphatic carbocycles. The second-order valence-corrected chi connectivity index (χ2v) is 10.3. The summed E-state index contributed by atoms with van der Waals surface area (Å²) in [5.41, 5.74) is -1.39. The fourth-order valence-corrected chi connectivity index (χ4v) is 5.27. The number of aliphatic imine (C=N–C) groups is 1. The summed E-state index contributed by atoms with van der Waals surface area (Å²) in [7, 11) is 0. The van der Waals surface area contributed by atoms with Gasteiger partial charge < -0.3 is 14.8 Å². The van der Waals surface area contributed by atoms with Crippen molar-refractivity contribution in [2.24, 2.45) is 16.8 Å². The van der Waals surface area contributed by atoms with Crippen LogP contribution in [0.25, 0.3) is 0 Å². The fourth-order valence-electron chi connectivity index (χ4n) is 4.14. The number of thioether (sulfide) groups is 1. The third-order valence-electron chi connectivity index (χ3n) is 5.62. The number of rotatable bonds is 3. The van der Waals surface area contributed by atoms with Crippen LogP contribution in [-0.2, 0) is 9.47 Å². The molecule has 8 nitrogen and oxygen atoms in total. The highest BCUT2D eigenvalue weighted by Crippen LogP contribution is 2.50. The van der Waals surface area contributed by atoms with E-state index in [1.54, 1.807) is 20.8 Å². The summed E-state index contributed by atoms with van der Waals surface area (Å²) in [6.45, 7) is 5.67. The minimum atomic E-state index is -1.21. The van der Waals surface area contributed by atoms with E-state index >= 15 is 4.39 Å². The third kappa shape index (κ3) is 5.30. The molecular formula is C23H26F2N4O4S. The maximum absolute atomic E-state index is 15.1. The Morgan fingerprint density at radius 3 is 2.74 bits per heavy atom. The van der Waals surface area contributed by atoms with Crippen LogP contribution in [0.2, 0.25) is 0 Å². The lowest BCUT2D eigenvalue weighted by molar-refractivity contribution is -0.0534. The van der Waals surface area contributed by atoms with Crippen LogP contribution in [0.15, 0.2) is 47.0 Å². The summed E-state index contributed by atoms with van der Waals surface area (Å²) >= 11 is 1.36. The molecule has 1 fully saturated rings. The maximum atomic E-state index is 15.1. The van der Waals surface area contributed by atoms with E-state index < -0.39 is 40.9 Å². The molecule has 1 aromatic rings. The average molecular weight is 493 g/mol. The number of pyridine rings is 1. The van der Waals surface area contributed by atoms with Gasteiger partial charge in [-0.3, -0.25) is 10.1 Å². The van der Waals surface area contributed by atoms with Crippen molar-refractivity contribution < 1.29 is 27.8 Å². The Bertz CT molecular complexity index is 1070. The van der Waals surface area contributed by atoms with Gasteiger partial charge in [0, 0.05) is 23.8 Å².